The molecule has 0 atom stereocenters. The highest BCUT2D eigenvalue weighted by Gasteiger charge is 2.08. The summed E-state index contributed by atoms with van der Waals surface area (Å²) in [5, 5.41) is 5.79. The summed E-state index contributed by atoms with van der Waals surface area (Å²) in [6.07, 6.45) is 0. The quantitative estimate of drug-likeness (QED) is 0.726. The molecule has 3 aromatic rings. The molecular weight excluding hydrogens is 332 g/mol. The van der Waals surface area contributed by atoms with Crippen LogP contribution in [-0.2, 0) is 11.3 Å². The van der Waals surface area contributed by atoms with Crippen LogP contribution in [0.25, 0.3) is 10.6 Å². The summed E-state index contributed by atoms with van der Waals surface area (Å²) in [4.78, 5) is 16.6. The first-order valence-electron chi connectivity index (χ1n) is 8.08. The summed E-state index contributed by atoms with van der Waals surface area (Å²) in [5.41, 5.74) is 4.28. The van der Waals surface area contributed by atoms with Gasteiger partial charge in [0.2, 0.25) is 0 Å². The van der Waals surface area contributed by atoms with E-state index in [0.717, 1.165) is 21.8 Å². The number of carbonyl (C=O) groups is 1. The number of nitrogens with zero attached hydrogens (tertiary/aromatic N) is 1. The van der Waals surface area contributed by atoms with Crippen molar-refractivity contribution in [3.63, 3.8) is 0 Å². The summed E-state index contributed by atoms with van der Waals surface area (Å²) in [7, 11) is 0. The lowest BCUT2D eigenvalue weighted by atomic mass is 10.1. The molecule has 0 saturated heterocycles. The predicted octanol–water partition coefficient (Wildman–Crippen LogP) is 4.12. The smallest absolute Gasteiger partial charge is 0.258 e. The number of hydrogen-bond acceptors (Lipinski definition) is 4. The highest BCUT2D eigenvalue weighted by Crippen LogP contribution is 2.26. The molecule has 0 aliphatic carbocycles. The van der Waals surface area contributed by atoms with Gasteiger partial charge in [0, 0.05) is 10.9 Å². The van der Waals surface area contributed by atoms with E-state index >= 15 is 0 Å². The standard InChI is InChI=1S/C20H20N2O2S/c1-14-6-5-8-17(10-14)24-12-19(23)21-11-16-13-25-20(22-16)18-9-4-3-7-15(18)2/h3-10,13H,11-12H2,1-2H3,(H,21,23). The second-order valence-electron chi connectivity index (χ2n) is 5.84. The third-order valence-electron chi connectivity index (χ3n) is 3.75. The van der Waals surface area contributed by atoms with E-state index in [-0.39, 0.29) is 12.5 Å². The van der Waals surface area contributed by atoms with Crippen LogP contribution < -0.4 is 10.1 Å². The molecule has 0 unspecified atom stereocenters. The van der Waals surface area contributed by atoms with Crippen LogP contribution >= 0.6 is 11.3 Å². The molecule has 1 amide bonds. The molecule has 4 nitrogen and oxygen atoms in total. The Morgan fingerprint density at radius 3 is 2.80 bits per heavy atom. The van der Waals surface area contributed by atoms with Crippen molar-refractivity contribution in [1.29, 1.82) is 0 Å². The Morgan fingerprint density at radius 2 is 2.00 bits per heavy atom. The van der Waals surface area contributed by atoms with E-state index in [4.69, 9.17) is 4.74 Å². The Bertz CT molecular complexity index is 873. The molecule has 1 heterocycles. The van der Waals surface area contributed by atoms with E-state index in [1.165, 1.54) is 5.56 Å². The fraction of sp³-hybridized carbons (Fsp3) is 0.200. The molecular formula is C20H20N2O2S. The van der Waals surface area contributed by atoms with Gasteiger partial charge in [0.05, 0.1) is 12.2 Å². The molecule has 0 spiro atoms. The number of hydrogen-bond donors (Lipinski definition) is 1. The maximum absolute atomic E-state index is 11.9. The summed E-state index contributed by atoms with van der Waals surface area (Å²) >= 11 is 1.59. The van der Waals surface area contributed by atoms with Crippen molar-refractivity contribution in [2.75, 3.05) is 6.61 Å². The van der Waals surface area contributed by atoms with Crippen molar-refractivity contribution in [1.82, 2.24) is 10.3 Å². The molecule has 0 radical (unpaired) electrons. The summed E-state index contributed by atoms with van der Waals surface area (Å²) in [5.74, 6) is 0.539. The monoisotopic (exact) mass is 352 g/mol. The summed E-state index contributed by atoms with van der Waals surface area (Å²) in [6.45, 7) is 4.46. The van der Waals surface area contributed by atoms with E-state index in [2.05, 4.69) is 29.4 Å². The van der Waals surface area contributed by atoms with Crippen molar-refractivity contribution in [2.24, 2.45) is 0 Å². The van der Waals surface area contributed by atoms with E-state index in [0.29, 0.717) is 12.3 Å². The van der Waals surface area contributed by atoms with Crippen LogP contribution in [0, 0.1) is 13.8 Å². The lowest BCUT2D eigenvalue weighted by Crippen LogP contribution is -2.28. The zero-order valence-corrected chi connectivity index (χ0v) is 15.1. The minimum atomic E-state index is -0.160. The van der Waals surface area contributed by atoms with Crippen LogP contribution in [0.5, 0.6) is 5.75 Å². The number of thiazole rings is 1. The maximum Gasteiger partial charge on any atom is 0.258 e. The Labute approximate surface area is 151 Å². The molecule has 0 aliphatic heterocycles. The van der Waals surface area contributed by atoms with Crippen LogP contribution in [0.2, 0.25) is 0 Å². The molecule has 3 rings (SSSR count). The SMILES string of the molecule is Cc1cccc(OCC(=O)NCc2csc(-c3ccccc3C)n2)c1. The molecule has 0 saturated carbocycles. The zero-order chi connectivity index (χ0) is 17.6. The van der Waals surface area contributed by atoms with Gasteiger partial charge in [-0.25, -0.2) is 4.98 Å². The Morgan fingerprint density at radius 1 is 1.16 bits per heavy atom. The van der Waals surface area contributed by atoms with Crippen molar-refractivity contribution in [3.05, 3.63) is 70.7 Å². The molecule has 5 heteroatoms. The van der Waals surface area contributed by atoms with E-state index in [9.17, 15) is 4.79 Å². The fourth-order valence-corrected chi connectivity index (χ4v) is 3.33. The molecule has 0 fully saturated rings. The van der Waals surface area contributed by atoms with Gasteiger partial charge in [-0.05, 0) is 37.1 Å². The number of rotatable bonds is 6. The summed E-state index contributed by atoms with van der Waals surface area (Å²) in [6, 6.07) is 15.8. The number of amides is 1. The molecule has 0 aliphatic rings. The minimum Gasteiger partial charge on any atom is -0.484 e. The van der Waals surface area contributed by atoms with Crippen molar-refractivity contribution < 1.29 is 9.53 Å². The van der Waals surface area contributed by atoms with Gasteiger partial charge >= 0.3 is 0 Å². The van der Waals surface area contributed by atoms with Crippen molar-refractivity contribution >= 4 is 17.2 Å². The first-order chi connectivity index (χ1) is 12.1. The van der Waals surface area contributed by atoms with Gasteiger partial charge in [-0.1, -0.05) is 36.4 Å². The maximum atomic E-state index is 11.9. The molecule has 1 N–H and O–H groups in total. The van der Waals surface area contributed by atoms with Gasteiger partial charge < -0.3 is 10.1 Å². The highest BCUT2D eigenvalue weighted by atomic mass is 32.1. The molecule has 25 heavy (non-hydrogen) atoms. The summed E-state index contributed by atoms with van der Waals surface area (Å²) < 4.78 is 5.50. The number of aryl methyl sites for hydroxylation is 2. The Balaban J connectivity index is 1.52. The van der Waals surface area contributed by atoms with Crippen LogP contribution in [0.4, 0.5) is 0 Å². The van der Waals surface area contributed by atoms with Gasteiger partial charge in [-0.15, -0.1) is 11.3 Å². The van der Waals surface area contributed by atoms with Gasteiger partial charge in [0.1, 0.15) is 10.8 Å². The second kappa shape index (κ2) is 7.94. The zero-order valence-electron chi connectivity index (χ0n) is 14.3. The second-order valence-corrected chi connectivity index (χ2v) is 6.70. The Kier molecular flexibility index (Phi) is 5.46. The first kappa shape index (κ1) is 17.2. The number of ether oxygens (including phenoxy) is 1. The lowest BCUT2D eigenvalue weighted by Gasteiger charge is -2.07. The fourth-order valence-electron chi connectivity index (χ4n) is 2.42. The van der Waals surface area contributed by atoms with Gasteiger partial charge in [0.15, 0.2) is 6.61 Å². The highest BCUT2D eigenvalue weighted by molar-refractivity contribution is 7.13. The van der Waals surface area contributed by atoms with Crippen LogP contribution in [-0.4, -0.2) is 17.5 Å². The molecule has 0 bridgehead atoms. The third-order valence-corrected chi connectivity index (χ3v) is 4.68. The average Bonchev–Trinajstić information content (AvgIpc) is 3.07. The van der Waals surface area contributed by atoms with Crippen LogP contribution in [0.3, 0.4) is 0 Å². The number of carbonyl (C=O) groups excluding carboxylic acids is 1. The number of nitrogens with one attached hydrogen (secondary N) is 1. The van der Waals surface area contributed by atoms with E-state index in [1.807, 2.05) is 48.7 Å². The van der Waals surface area contributed by atoms with Gasteiger partial charge in [-0.3, -0.25) is 4.79 Å². The van der Waals surface area contributed by atoms with Crippen LogP contribution in [0.15, 0.2) is 53.9 Å². The molecule has 1 aromatic heterocycles. The topological polar surface area (TPSA) is 51.2 Å². The number of benzene rings is 2. The first-order valence-corrected chi connectivity index (χ1v) is 8.96. The predicted molar refractivity (Wildman–Crippen MR) is 101 cm³/mol. The van der Waals surface area contributed by atoms with Crippen molar-refractivity contribution in [3.8, 4) is 16.3 Å². The van der Waals surface area contributed by atoms with Crippen LogP contribution in [0.1, 0.15) is 16.8 Å². The molecule has 128 valence electrons. The Hall–Kier alpha value is -2.66. The van der Waals surface area contributed by atoms with Gasteiger partial charge in [-0.2, -0.15) is 0 Å². The van der Waals surface area contributed by atoms with Gasteiger partial charge in [0.25, 0.3) is 5.91 Å². The largest absolute Gasteiger partial charge is 0.484 e. The average molecular weight is 352 g/mol. The van der Waals surface area contributed by atoms with E-state index < -0.39 is 0 Å². The lowest BCUT2D eigenvalue weighted by molar-refractivity contribution is -0.123. The molecule has 2 aromatic carbocycles. The normalized spacial score (nSPS) is 10.5. The number of aromatic nitrogens is 1. The van der Waals surface area contributed by atoms with Crippen molar-refractivity contribution in [2.45, 2.75) is 20.4 Å². The third kappa shape index (κ3) is 4.67. The minimum absolute atomic E-state index is 0.00175. The van der Waals surface area contributed by atoms with E-state index in [1.54, 1.807) is 11.3 Å².